The van der Waals surface area contributed by atoms with Gasteiger partial charge in [0.1, 0.15) is 17.1 Å². The topological polar surface area (TPSA) is 98.1 Å². The van der Waals surface area contributed by atoms with Crippen molar-refractivity contribution in [3.63, 3.8) is 0 Å². The molecule has 3 rings (SSSR count). The Morgan fingerprint density at radius 2 is 2.04 bits per heavy atom. The summed E-state index contributed by atoms with van der Waals surface area (Å²) < 4.78 is 16.0. The third-order valence-electron chi connectivity index (χ3n) is 4.49. The molecule has 8 nitrogen and oxygen atoms in total. The maximum absolute atomic E-state index is 12.5. The molecule has 1 aliphatic rings. The summed E-state index contributed by atoms with van der Waals surface area (Å²) in [5, 5.41) is 3.28. The largest absolute Gasteiger partial charge is 0.496 e. The molecule has 0 radical (unpaired) electrons. The van der Waals surface area contributed by atoms with Crippen molar-refractivity contribution in [2.45, 2.75) is 13.3 Å². The molecule has 1 saturated heterocycles. The molecule has 2 amide bonds. The van der Waals surface area contributed by atoms with E-state index < -0.39 is 5.63 Å². The molecule has 1 fully saturated rings. The average molecular weight is 360 g/mol. The predicted molar refractivity (Wildman–Crippen MR) is 93.6 cm³/mol. The number of carbonyl (C=O) groups excluding carboxylic acids is 2. The number of fused-ring (bicyclic) bond motifs is 1. The molecule has 138 valence electrons. The van der Waals surface area contributed by atoms with Gasteiger partial charge in [0.15, 0.2) is 0 Å². The van der Waals surface area contributed by atoms with Crippen LogP contribution in [0.25, 0.3) is 11.0 Å². The van der Waals surface area contributed by atoms with Gasteiger partial charge in [0.2, 0.25) is 11.8 Å². The number of nitrogens with one attached hydrogen (secondary N) is 1. The molecule has 0 bridgehead atoms. The normalized spacial score (nSPS) is 14.3. The lowest BCUT2D eigenvalue weighted by Crippen LogP contribution is -2.50. The molecule has 2 aromatic rings. The molecular formula is C18H20N2O6. The molecule has 8 heteroatoms. The number of carbonyl (C=O) groups is 2. The van der Waals surface area contributed by atoms with Gasteiger partial charge >= 0.3 is 5.63 Å². The van der Waals surface area contributed by atoms with Crippen LogP contribution < -0.4 is 20.4 Å². The van der Waals surface area contributed by atoms with E-state index >= 15 is 0 Å². The van der Waals surface area contributed by atoms with E-state index in [9.17, 15) is 14.4 Å². The van der Waals surface area contributed by atoms with Crippen LogP contribution >= 0.6 is 0 Å². The zero-order chi connectivity index (χ0) is 18.8. The Balaban J connectivity index is 2.02. The van der Waals surface area contributed by atoms with E-state index in [0.717, 1.165) is 0 Å². The molecule has 1 aromatic heterocycles. The average Bonchev–Trinajstić information content (AvgIpc) is 2.63. The number of rotatable bonds is 4. The fourth-order valence-electron chi connectivity index (χ4n) is 3.08. The molecular weight excluding hydrogens is 340 g/mol. The monoisotopic (exact) mass is 360 g/mol. The summed E-state index contributed by atoms with van der Waals surface area (Å²) in [4.78, 5) is 37.9. The Morgan fingerprint density at radius 1 is 1.27 bits per heavy atom. The lowest BCUT2D eigenvalue weighted by atomic mass is 10.0. The van der Waals surface area contributed by atoms with Crippen molar-refractivity contribution in [3.8, 4) is 11.5 Å². The molecule has 0 saturated carbocycles. The second-order valence-corrected chi connectivity index (χ2v) is 6.04. The van der Waals surface area contributed by atoms with E-state index in [2.05, 4.69) is 5.32 Å². The number of hydrogen-bond donors (Lipinski definition) is 1. The third kappa shape index (κ3) is 3.22. The molecule has 1 N–H and O–H groups in total. The van der Waals surface area contributed by atoms with Gasteiger partial charge in [-0.3, -0.25) is 9.59 Å². The van der Waals surface area contributed by atoms with Gasteiger partial charge in [0.05, 0.1) is 38.1 Å². The molecule has 1 aromatic carbocycles. The Kier molecular flexibility index (Phi) is 4.83. The van der Waals surface area contributed by atoms with E-state index in [0.29, 0.717) is 41.1 Å². The number of nitrogens with zero attached hydrogens (tertiary/aromatic N) is 1. The maximum atomic E-state index is 12.5. The number of benzene rings is 1. The van der Waals surface area contributed by atoms with Gasteiger partial charge in [0, 0.05) is 25.2 Å². The van der Waals surface area contributed by atoms with E-state index in [1.165, 1.54) is 19.1 Å². The van der Waals surface area contributed by atoms with Crippen molar-refractivity contribution in [3.05, 3.63) is 33.7 Å². The predicted octanol–water partition coefficient (Wildman–Crippen LogP) is 0.620. The van der Waals surface area contributed by atoms with Crippen LogP contribution in [0.15, 0.2) is 21.3 Å². The van der Waals surface area contributed by atoms with Crippen LogP contribution in [0.1, 0.15) is 11.1 Å². The summed E-state index contributed by atoms with van der Waals surface area (Å²) in [6, 6.07) is 3.29. The summed E-state index contributed by atoms with van der Waals surface area (Å²) in [7, 11) is 3.02. The molecule has 0 aliphatic carbocycles. The van der Waals surface area contributed by atoms with Crippen LogP contribution in [0.5, 0.6) is 11.5 Å². The fraction of sp³-hybridized carbons (Fsp3) is 0.389. The zero-order valence-electron chi connectivity index (χ0n) is 14.9. The first kappa shape index (κ1) is 17.8. The van der Waals surface area contributed by atoms with E-state index in [4.69, 9.17) is 13.9 Å². The molecule has 0 unspecified atom stereocenters. The highest BCUT2D eigenvalue weighted by molar-refractivity contribution is 5.91. The van der Waals surface area contributed by atoms with Gasteiger partial charge in [-0.2, -0.15) is 0 Å². The van der Waals surface area contributed by atoms with E-state index in [1.807, 2.05) is 0 Å². The van der Waals surface area contributed by atoms with Gasteiger partial charge in [-0.25, -0.2) is 4.79 Å². The number of piperazine rings is 1. The highest BCUT2D eigenvalue weighted by Crippen LogP contribution is 2.33. The van der Waals surface area contributed by atoms with Gasteiger partial charge in [-0.05, 0) is 12.5 Å². The van der Waals surface area contributed by atoms with Crippen LogP contribution in [0.3, 0.4) is 0 Å². The van der Waals surface area contributed by atoms with Crippen LogP contribution in [-0.2, 0) is 16.0 Å². The Labute approximate surface area is 149 Å². The van der Waals surface area contributed by atoms with Crippen LogP contribution in [0.4, 0.5) is 0 Å². The number of methoxy groups -OCH3 is 2. The first-order valence-corrected chi connectivity index (χ1v) is 8.17. The Hall–Kier alpha value is -3.03. The lowest BCUT2D eigenvalue weighted by molar-refractivity contribution is -0.137. The van der Waals surface area contributed by atoms with Crippen molar-refractivity contribution < 1.29 is 23.5 Å². The number of aryl methyl sites for hydroxylation is 1. The number of ether oxygens (including phenoxy) is 2. The number of hydrogen-bond acceptors (Lipinski definition) is 6. The van der Waals surface area contributed by atoms with Gasteiger partial charge in [-0.15, -0.1) is 0 Å². The van der Waals surface area contributed by atoms with Crippen LogP contribution in [-0.4, -0.2) is 50.6 Å². The molecule has 2 heterocycles. The van der Waals surface area contributed by atoms with Gasteiger partial charge in [-0.1, -0.05) is 0 Å². The summed E-state index contributed by atoms with van der Waals surface area (Å²) in [6.07, 6.45) is -0.132. The van der Waals surface area contributed by atoms with Crippen LogP contribution in [0.2, 0.25) is 0 Å². The quantitative estimate of drug-likeness (QED) is 0.803. The van der Waals surface area contributed by atoms with Crippen molar-refractivity contribution in [2.24, 2.45) is 0 Å². The summed E-state index contributed by atoms with van der Waals surface area (Å²) >= 11 is 0. The van der Waals surface area contributed by atoms with Crippen molar-refractivity contribution in [2.75, 3.05) is 33.9 Å². The highest BCUT2D eigenvalue weighted by Gasteiger charge is 2.24. The smallest absolute Gasteiger partial charge is 0.340 e. The number of amides is 2. The van der Waals surface area contributed by atoms with Crippen LogP contribution in [0, 0.1) is 6.92 Å². The fourth-order valence-corrected chi connectivity index (χ4v) is 3.08. The minimum absolute atomic E-state index is 0.00266. The SMILES string of the molecule is COc1cc(OC)c2c(C)c(CC(=O)N3CCNC(=O)C3)c(=O)oc2c1. The Morgan fingerprint density at radius 3 is 2.69 bits per heavy atom. The lowest BCUT2D eigenvalue weighted by Gasteiger charge is -2.26. The maximum Gasteiger partial charge on any atom is 0.340 e. The summed E-state index contributed by atoms with van der Waals surface area (Å²) in [6.45, 7) is 2.57. The third-order valence-corrected chi connectivity index (χ3v) is 4.49. The van der Waals surface area contributed by atoms with Crippen molar-refractivity contribution >= 4 is 22.8 Å². The second kappa shape index (κ2) is 7.07. The van der Waals surface area contributed by atoms with Gasteiger partial charge in [0.25, 0.3) is 0 Å². The zero-order valence-corrected chi connectivity index (χ0v) is 14.9. The second-order valence-electron chi connectivity index (χ2n) is 6.04. The first-order chi connectivity index (χ1) is 12.4. The molecule has 0 atom stereocenters. The Bertz CT molecular complexity index is 933. The van der Waals surface area contributed by atoms with E-state index in [-0.39, 0.29) is 30.3 Å². The highest BCUT2D eigenvalue weighted by atomic mass is 16.5. The minimum Gasteiger partial charge on any atom is -0.496 e. The van der Waals surface area contributed by atoms with E-state index in [1.54, 1.807) is 19.1 Å². The minimum atomic E-state index is -0.583. The molecule has 0 spiro atoms. The summed E-state index contributed by atoms with van der Waals surface area (Å²) in [5.41, 5.74) is 0.625. The van der Waals surface area contributed by atoms with Crippen molar-refractivity contribution in [1.82, 2.24) is 10.2 Å². The molecule has 1 aliphatic heterocycles. The van der Waals surface area contributed by atoms with Crippen molar-refractivity contribution in [1.29, 1.82) is 0 Å². The standard InChI is InChI=1S/C18H20N2O6/c1-10-12(8-16(22)20-5-4-19-15(21)9-20)18(23)26-14-7-11(24-2)6-13(25-3)17(10)14/h6-7H,4-5,8-9H2,1-3H3,(H,19,21). The summed E-state index contributed by atoms with van der Waals surface area (Å²) in [5.74, 6) is 0.495. The van der Waals surface area contributed by atoms with Gasteiger partial charge < -0.3 is 24.1 Å². The molecule has 26 heavy (non-hydrogen) atoms. The first-order valence-electron chi connectivity index (χ1n) is 8.17.